The Balaban J connectivity index is 1.69. The van der Waals surface area contributed by atoms with E-state index in [9.17, 15) is 22.8 Å². The molecule has 186 valence electrons. The van der Waals surface area contributed by atoms with E-state index in [4.69, 9.17) is 9.47 Å². The molecule has 3 heterocycles. The Morgan fingerprint density at radius 3 is 2.53 bits per heavy atom. The molecule has 2 atom stereocenters. The zero-order valence-electron chi connectivity index (χ0n) is 20.0. The van der Waals surface area contributed by atoms with Crippen molar-refractivity contribution in [3.63, 3.8) is 0 Å². The molecular weight excluding hydrogens is 453 g/mol. The van der Waals surface area contributed by atoms with Gasteiger partial charge in [-0.15, -0.1) is 0 Å². The van der Waals surface area contributed by atoms with Crippen LogP contribution in [0.15, 0.2) is 17.2 Å². The van der Waals surface area contributed by atoms with E-state index in [1.54, 1.807) is 39.5 Å². The number of amidine groups is 1. The Bertz CT molecular complexity index is 1060. The first-order valence-corrected chi connectivity index (χ1v) is 11.1. The summed E-state index contributed by atoms with van der Waals surface area (Å²) in [7, 11) is 0. The second-order valence-electron chi connectivity index (χ2n) is 10.5. The topological polar surface area (TPSA) is 83.5 Å². The van der Waals surface area contributed by atoms with Gasteiger partial charge in [-0.05, 0) is 51.3 Å². The Labute approximate surface area is 196 Å². The lowest BCUT2D eigenvalue weighted by Gasteiger charge is -2.51. The summed E-state index contributed by atoms with van der Waals surface area (Å²) < 4.78 is 53.3. The van der Waals surface area contributed by atoms with E-state index in [1.165, 1.54) is 11.0 Å². The van der Waals surface area contributed by atoms with Crippen molar-refractivity contribution in [3.8, 4) is 5.75 Å². The molecule has 1 N–H and O–H groups in total. The number of likely N-dealkylation sites (tertiary alicyclic amines) is 1. The summed E-state index contributed by atoms with van der Waals surface area (Å²) in [6.45, 7) is 11.0. The number of amides is 2. The van der Waals surface area contributed by atoms with Gasteiger partial charge in [0, 0.05) is 18.5 Å². The lowest BCUT2D eigenvalue weighted by atomic mass is 9.68. The van der Waals surface area contributed by atoms with Crippen LogP contribution >= 0.6 is 0 Å². The number of anilines is 1. The number of fused-ring (bicyclic) bond motifs is 3. The molecule has 1 aromatic rings. The van der Waals surface area contributed by atoms with Crippen LogP contribution in [0.25, 0.3) is 0 Å². The highest BCUT2D eigenvalue weighted by molar-refractivity contribution is 6.09. The molecule has 0 saturated carbocycles. The average Bonchev–Trinajstić information content (AvgIpc) is 2.70. The maximum absolute atomic E-state index is 14.1. The molecule has 3 aliphatic heterocycles. The third-order valence-corrected chi connectivity index (χ3v) is 6.66. The highest BCUT2D eigenvalue weighted by atomic mass is 19.4. The highest BCUT2D eigenvalue weighted by Crippen LogP contribution is 2.50. The summed E-state index contributed by atoms with van der Waals surface area (Å²) in [6.07, 6.45) is -5.09. The summed E-state index contributed by atoms with van der Waals surface area (Å²) in [5.41, 5.74) is 0.819. The average molecular weight is 483 g/mol. The maximum atomic E-state index is 14.1. The van der Waals surface area contributed by atoms with Crippen molar-refractivity contribution in [2.75, 3.05) is 24.6 Å². The van der Waals surface area contributed by atoms with Crippen molar-refractivity contribution < 1.29 is 32.2 Å². The minimum absolute atomic E-state index is 0.0492. The molecule has 0 spiro atoms. The van der Waals surface area contributed by atoms with Crippen LogP contribution in [0.1, 0.15) is 58.6 Å². The SMILES string of the molecule is C[C@@H]1C(=O)NN=C2COc3cc(C(F)(F)F)c([C@H](C)C4(C)CN(C(=O)OC(C)(C)C)C4)cc3N21. The number of hydrogen-bond donors (Lipinski definition) is 1. The van der Waals surface area contributed by atoms with Crippen LogP contribution < -0.4 is 15.1 Å². The van der Waals surface area contributed by atoms with Crippen LogP contribution in [0.2, 0.25) is 0 Å². The van der Waals surface area contributed by atoms with Crippen molar-refractivity contribution in [2.24, 2.45) is 10.5 Å². The van der Waals surface area contributed by atoms with Gasteiger partial charge in [-0.3, -0.25) is 4.79 Å². The standard InChI is InChI=1S/C23H29F3N4O4/c1-12(22(6)10-29(11-22)20(32)34-21(3,4)5)14-7-16-17(8-15(14)23(24,25)26)33-9-18-27-28-19(31)13(2)30(16)18/h7-8,12-13H,9-11H2,1-6H3,(H,28,31)/t12-,13+/m0/s1. The van der Waals surface area contributed by atoms with Gasteiger partial charge in [-0.2, -0.15) is 18.3 Å². The third kappa shape index (κ3) is 4.16. The second-order valence-corrected chi connectivity index (χ2v) is 10.5. The predicted octanol–water partition coefficient (Wildman–Crippen LogP) is 4.10. The third-order valence-electron chi connectivity index (χ3n) is 6.66. The lowest BCUT2D eigenvalue weighted by molar-refractivity contribution is -0.139. The first-order chi connectivity index (χ1) is 15.6. The molecule has 8 nitrogen and oxygen atoms in total. The summed E-state index contributed by atoms with van der Waals surface area (Å²) in [5, 5.41) is 4.00. The number of carbonyl (C=O) groups is 2. The van der Waals surface area contributed by atoms with Crippen LogP contribution in [-0.4, -0.2) is 54.1 Å². The predicted molar refractivity (Wildman–Crippen MR) is 119 cm³/mol. The summed E-state index contributed by atoms with van der Waals surface area (Å²) in [5.74, 6) is -0.434. The molecule has 0 aliphatic carbocycles. The van der Waals surface area contributed by atoms with Crippen molar-refractivity contribution in [2.45, 2.75) is 65.3 Å². The molecule has 0 unspecified atom stereocenters. The Hall–Kier alpha value is -2.98. The van der Waals surface area contributed by atoms with E-state index in [2.05, 4.69) is 10.5 Å². The van der Waals surface area contributed by atoms with Crippen LogP contribution in [0.5, 0.6) is 5.75 Å². The molecule has 0 radical (unpaired) electrons. The molecule has 11 heteroatoms. The fraction of sp³-hybridized carbons (Fsp3) is 0.609. The van der Waals surface area contributed by atoms with Crippen LogP contribution in [-0.2, 0) is 15.7 Å². The van der Waals surface area contributed by atoms with Gasteiger partial charge in [0.25, 0.3) is 5.91 Å². The van der Waals surface area contributed by atoms with E-state index < -0.39 is 40.8 Å². The van der Waals surface area contributed by atoms with Gasteiger partial charge in [0.1, 0.15) is 24.0 Å². The molecule has 34 heavy (non-hydrogen) atoms. The monoisotopic (exact) mass is 482 g/mol. The molecule has 2 amide bonds. The van der Waals surface area contributed by atoms with Crippen molar-refractivity contribution in [3.05, 3.63) is 23.3 Å². The molecule has 0 bridgehead atoms. The molecule has 1 aromatic carbocycles. The second kappa shape index (κ2) is 7.78. The molecule has 3 aliphatic rings. The Kier molecular flexibility index (Phi) is 5.52. The zero-order valence-corrected chi connectivity index (χ0v) is 20.0. The van der Waals surface area contributed by atoms with E-state index >= 15 is 0 Å². The highest BCUT2D eigenvalue weighted by Gasteiger charge is 2.49. The van der Waals surface area contributed by atoms with Gasteiger partial charge in [0.05, 0.1) is 11.3 Å². The number of alkyl halides is 3. The Morgan fingerprint density at radius 2 is 1.94 bits per heavy atom. The van der Waals surface area contributed by atoms with E-state index in [0.717, 1.165) is 6.07 Å². The Morgan fingerprint density at radius 1 is 1.29 bits per heavy atom. The van der Waals surface area contributed by atoms with Crippen LogP contribution in [0, 0.1) is 5.41 Å². The number of ether oxygens (including phenoxy) is 2. The van der Waals surface area contributed by atoms with Gasteiger partial charge in [-0.25, -0.2) is 10.2 Å². The first-order valence-electron chi connectivity index (χ1n) is 11.1. The number of rotatable bonds is 2. The molecule has 4 rings (SSSR count). The number of carbonyl (C=O) groups excluding carboxylic acids is 2. The number of benzene rings is 1. The minimum atomic E-state index is -4.60. The number of nitrogens with zero attached hydrogens (tertiary/aromatic N) is 3. The van der Waals surface area contributed by atoms with Crippen LogP contribution in [0.4, 0.5) is 23.7 Å². The fourth-order valence-electron chi connectivity index (χ4n) is 4.62. The molecule has 1 fully saturated rings. The van der Waals surface area contributed by atoms with Gasteiger partial charge < -0.3 is 19.3 Å². The van der Waals surface area contributed by atoms with Crippen molar-refractivity contribution in [1.29, 1.82) is 0 Å². The number of hydrazone groups is 1. The lowest BCUT2D eigenvalue weighted by Crippen LogP contribution is -2.60. The largest absolute Gasteiger partial charge is 0.483 e. The fourth-order valence-corrected chi connectivity index (χ4v) is 4.62. The van der Waals surface area contributed by atoms with E-state index in [-0.39, 0.29) is 36.9 Å². The number of hydrogen-bond acceptors (Lipinski definition) is 6. The zero-order chi connectivity index (χ0) is 25.2. The van der Waals surface area contributed by atoms with Gasteiger partial charge in [0.2, 0.25) is 0 Å². The normalized spacial score (nSPS) is 22.4. The van der Waals surface area contributed by atoms with Gasteiger partial charge in [-0.1, -0.05) is 13.8 Å². The van der Waals surface area contributed by atoms with Crippen LogP contribution in [0.3, 0.4) is 0 Å². The summed E-state index contributed by atoms with van der Waals surface area (Å²) in [4.78, 5) is 27.7. The van der Waals surface area contributed by atoms with Gasteiger partial charge >= 0.3 is 12.3 Å². The summed E-state index contributed by atoms with van der Waals surface area (Å²) in [6, 6.07) is 1.80. The first kappa shape index (κ1) is 24.2. The minimum Gasteiger partial charge on any atom is -0.483 e. The molecular formula is C23H29F3N4O4. The van der Waals surface area contributed by atoms with Crippen molar-refractivity contribution >= 4 is 23.5 Å². The molecule has 0 aromatic heterocycles. The number of halogens is 3. The smallest absolute Gasteiger partial charge is 0.416 e. The van der Waals surface area contributed by atoms with E-state index in [0.29, 0.717) is 11.5 Å². The van der Waals surface area contributed by atoms with E-state index in [1.807, 2.05) is 6.92 Å². The van der Waals surface area contributed by atoms with Gasteiger partial charge in [0.15, 0.2) is 5.84 Å². The maximum Gasteiger partial charge on any atom is 0.416 e. The molecule has 1 saturated heterocycles. The van der Waals surface area contributed by atoms with Crippen molar-refractivity contribution in [1.82, 2.24) is 10.3 Å². The number of nitrogens with one attached hydrogen (secondary N) is 1. The quantitative estimate of drug-likeness (QED) is 0.687. The summed E-state index contributed by atoms with van der Waals surface area (Å²) >= 11 is 0.